The Balaban J connectivity index is 2.97. The van der Waals surface area contributed by atoms with Gasteiger partial charge in [-0.3, -0.25) is 14.4 Å². The lowest BCUT2D eigenvalue weighted by molar-refractivity contribution is -0.247. The molecule has 1 saturated heterocycles. The van der Waals surface area contributed by atoms with E-state index in [4.69, 9.17) is 23.4 Å². The van der Waals surface area contributed by atoms with Crippen LogP contribution in [-0.4, -0.2) is 57.4 Å². The number of carbonyl (C=O) groups is 3. The maximum atomic E-state index is 11.4. The SMILES string of the molecule is CC(=O)OC[C@H]1O[C@@H](O[Si](C)(C)C)C[C@@H](OC(C)=O)[C@@H]1OC(C)=O. The van der Waals surface area contributed by atoms with Crippen LogP contribution in [-0.2, 0) is 37.8 Å². The zero-order valence-corrected chi connectivity index (χ0v) is 16.0. The van der Waals surface area contributed by atoms with Gasteiger partial charge in [-0.15, -0.1) is 0 Å². The van der Waals surface area contributed by atoms with Crippen LogP contribution >= 0.6 is 0 Å². The van der Waals surface area contributed by atoms with Gasteiger partial charge in [0.05, 0.1) is 0 Å². The van der Waals surface area contributed by atoms with Crippen molar-refractivity contribution in [3.05, 3.63) is 0 Å². The molecule has 1 fully saturated rings. The molecule has 1 aliphatic rings. The molecule has 8 nitrogen and oxygen atoms in total. The monoisotopic (exact) mass is 362 g/mol. The number of hydrogen-bond donors (Lipinski definition) is 0. The lowest BCUT2D eigenvalue weighted by atomic mass is 10.0. The van der Waals surface area contributed by atoms with Gasteiger partial charge in [-0.1, -0.05) is 0 Å². The quantitative estimate of drug-likeness (QED) is 0.397. The predicted molar refractivity (Wildman–Crippen MR) is 85.5 cm³/mol. The second-order valence-corrected chi connectivity index (χ2v) is 11.1. The molecular formula is C15H26O8Si. The fraction of sp³-hybridized carbons (Fsp3) is 0.800. The van der Waals surface area contributed by atoms with Gasteiger partial charge in [0.2, 0.25) is 0 Å². The molecule has 0 saturated carbocycles. The Kier molecular flexibility index (Phi) is 7.37. The summed E-state index contributed by atoms with van der Waals surface area (Å²) in [5.41, 5.74) is 0. The van der Waals surface area contributed by atoms with Gasteiger partial charge >= 0.3 is 17.9 Å². The van der Waals surface area contributed by atoms with Crippen molar-refractivity contribution in [2.45, 2.75) is 71.4 Å². The van der Waals surface area contributed by atoms with E-state index in [-0.39, 0.29) is 13.0 Å². The van der Waals surface area contributed by atoms with E-state index < -0.39 is 50.8 Å². The van der Waals surface area contributed by atoms with Crippen molar-refractivity contribution in [1.82, 2.24) is 0 Å². The van der Waals surface area contributed by atoms with Crippen LogP contribution in [0.4, 0.5) is 0 Å². The lowest BCUT2D eigenvalue weighted by Crippen LogP contribution is -2.55. The van der Waals surface area contributed by atoms with E-state index in [0.29, 0.717) is 0 Å². The molecular weight excluding hydrogens is 336 g/mol. The highest BCUT2D eigenvalue weighted by molar-refractivity contribution is 6.69. The van der Waals surface area contributed by atoms with Crippen LogP contribution in [0.2, 0.25) is 19.6 Å². The minimum Gasteiger partial charge on any atom is -0.463 e. The molecule has 4 atom stereocenters. The average Bonchev–Trinajstić information content (AvgIpc) is 2.36. The molecule has 9 heteroatoms. The summed E-state index contributed by atoms with van der Waals surface area (Å²) in [5.74, 6) is -1.53. The van der Waals surface area contributed by atoms with Gasteiger partial charge in [0.15, 0.2) is 20.7 Å². The molecule has 0 bridgehead atoms. The molecule has 0 radical (unpaired) electrons. The van der Waals surface area contributed by atoms with Crippen LogP contribution in [0.3, 0.4) is 0 Å². The fourth-order valence-electron chi connectivity index (χ4n) is 2.37. The molecule has 0 aromatic heterocycles. The summed E-state index contributed by atoms with van der Waals surface area (Å²) in [6.07, 6.45) is -2.78. The van der Waals surface area contributed by atoms with E-state index in [9.17, 15) is 14.4 Å². The fourth-order valence-corrected chi connectivity index (χ4v) is 3.31. The van der Waals surface area contributed by atoms with Gasteiger partial charge in [-0.2, -0.15) is 0 Å². The van der Waals surface area contributed by atoms with Crippen molar-refractivity contribution >= 4 is 26.2 Å². The smallest absolute Gasteiger partial charge is 0.303 e. The first-order valence-electron chi connectivity index (χ1n) is 7.79. The van der Waals surface area contributed by atoms with Crippen molar-refractivity contribution in [1.29, 1.82) is 0 Å². The summed E-state index contributed by atoms with van der Waals surface area (Å²) < 4.78 is 27.3. The Hall–Kier alpha value is -1.45. The highest BCUT2D eigenvalue weighted by Crippen LogP contribution is 2.28. The second kappa shape index (κ2) is 8.59. The van der Waals surface area contributed by atoms with Crippen LogP contribution < -0.4 is 0 Å². The molecule has 1 heterocycles. The summed E-state index contributed by atoms with van der Waals surface area (Å²) in [6.45, 7) is 9.65. The van der Waals surface area contributed by atoms with E-state index in [0.717, 1.165) is 0 Å². The predicted octanol–water partition coefficient (Wildman–Crippen LogP) is 1.38. The number of esters is 3. The maximum Gasteiger partial charge on any atom is 0.303 e. The normalized spacial score (nSPS) is 27.2. The third kappa shape index (κ3) is 7.41. The summed E-state index contributed by atoms with van der Waals surface area (Å²) >= 11 is 0. The number of rotatable bonds is 6. The van der Waals surface area contributed by atoms with Crippen LogP contribution in [0.5, 0.6) is 0 Å². The molecule has 0 unspecified atom stereocenters. The molecule has 0 N–H and O–H groups in total. The second-order valence-electron chi connectivity index (χ2n) is 6.59. The zero-order chi connectivity index (χ0) is 18.5. The standard InChI is InChI=1S/C15H26O8Si/c1-9(16)19-8-13-15(21-11(3)18)12(20-10(2)17)7-14(22-13)23-24(4,5)6/h12-15H,7-8H2,1-6H3/t12-,13-,14+,15+/m1/s1. The highest BCUT2D eigenvalue weighted by atomic mass is 28.4. The topological polar surface area (TPSA) is 97.4 Å². The van der Waals surface area contributed by atoms with Gasteiger partial charge in [0, 0.05) is 27.2 Å². The van der Waals surface area contributed by atoms with E-state index in [1.165, 1.54) is 20.8 Å². The average molecular weight is 362 g/mol. The lowest BCUT2D eigenvalue weighted by Gasteiger charge is -2.41. The molecule has 0 aliphatic carbocycles. The van der Waals surface area contributed by atoms with E-state index in [1.54, 1.807) is 0 Å². The van der Waals surface area contributed by atoms with Gasteiger partial charge in [0.1, 0.15) is 18.8 Å². The highest BCUT2D eigenvalue weighted by Gasteiger charge is 2.45. The third-order valence-corrected chi connectivity index (χ3v) is 4.01. The van der Waals surface area contributed by atoms with Crippen molar-refractivity contribution in [2.75, 3.05) is 6.61 Å². The van der Waals surface area contributed by atoms with Crippen LogP contribution in [0, 0.1) is 0 Å². The molecule has 0 spiro atoms. The van der Waals surface area contributed by atoms with Crippen LogP contribution in [0.1, 0.15) is 27.2 Å². The first kappa shape index (κ1) is 20.6. The van der Waals surface area contributed by atoms with Crippen molar-refractivity contribution in [2.24, 2.45) is 0 Å². The number of hydrogen-bond acceptors (Lipinski definition) is 8. The molecule has 0 amide bonds. The minimum atomic E-state index is -1.92. The zero-order valence-electron chi connectivity index (χ0n) is 15.0. The van der Waals surface area contributed by atoms with Crippen molar-refractivity contribution in [3.8, 4) is 0 Å². The van der Waals surface area contributed by atoms with Crippen LogP contribution in [0.15, 0.2) is 0 Å². The van der Waals surface area contributed by atoms with E-state index in [2.05, 4.69) is 0 Å². The maximum absolute atomic E-state index is 11.4. The van der Waals surface area contributed by atoms with Crippen molar-refractivity contribution < 1.29 is 37.8 Å². The summed E-state index contributed by atoms with van der Waals surface area (Å²) in [6, 6.07) is 0. The minimum absolute atomic E-state index is 0.128. The van der Waals surface area contributed by atoms with E-state index in [1.807, 2.05) is 19.6 Å². The summed E-state index contributed by atoms with van der Waals surface area (Å²) in [7, 11) is -1.92. The van der Waals surface area contributed by atoms with E-state index >= 15 is 0 Å². The number of carbonyl (C=O) groups excluding carboxylic acids is 3. The Labute approximate surface area is 142 Å². The Morgan fingerprint density at radius 1 is 1.00 bits per heavy atom. The van der Waals surface area contributed by atoms with Crippen LogP contribution in [0.25, 0.3) is 0 Å². The first-order chi connectivity index (χ1) is 11.0. The first-order valence-corrected chi connectivity index (χ1v) is 11.2. The Morgan fingerprint density at radius 3 is 2.04 bits per heavy atom. The molecule has 0 aromatic carbocycles. The van der Waals surface area contributed by atoms with Gasteiger partial charge < -0.3 is 23.4 Å². The summed E-state index contributed by atoms with van der Waals surface area (Å²) in [5, 5.41) is 0. The molecule has 1 aliphatic heterocycles. The van der Waals surface area contributed by atoms with Gasteiger partial charge in [0.25, 0.3) is 0 Å². The van der Waals surface area contributed by atoms with Gasteiger partial charge in [-0.25, -0.2) is 0 Å². The summed E-state index contributed by atoms with van der Waals surface area (Å²) in [4.78, 5) is 33.9. The Morgan fingerprint density at radius 2 is 1.58 bits per heavy atom. The molecule has 24 heavy (non-hydrogen) atoms. The molecule has 138 valence electrons. The molecule has 0 aromatic rings. The molecule has 1 rings (SSSR count). The van der Waals surface area contributed by atoms with Gasteiger partial charge in [-0.05, 0) is 19.6 Å². The largest absolute Gasteiger partial charge is 0.463 e. The third-order valence-electron chi connectivity index (χ3n) is 3.04. The Bertz CT molecular complexity index is 473. The van der Waals surface area contributed by atoms with Crippen molar-refractivity contribution in [3.63, 3.8) is 0 Å². The number of ether oxygens (including phenoxy) is 4.